The highest BCUT2D eigenvalue weighted by molar-refractivity contribution is 6.57. The molecule has 1 N–H and O–H groups in total. The summed E-state index contributed by atoms with van der Waals surface area (Å²) >= 11 is 12.6. The average Bonchev–Trinajstić information content (AvgIpc) is 2.27. The Morgan fingerprint density at radius 3 is 2.21 bits per heavy atom. The normalized spacial score (nSPS) is 11.5. The molecule has 0 saturated heterocycles. The molecule has 0 spiro atoms. The van der Waals surface area contributed by atoms with Crippen molar-refractivity contribution in [3.05, 3.63) is 34.4 Å². The van der Waals surface area contributed by atoms with Crippen molar-refractivity contribution in [1.82, 2.24) is 5.32 Å². The summed E-state index contributed by atoms with van der Waals surface area (Å²) in [5.41, 5.74) is 3.70. The highest BCUT2D eigenvalue weighted by Gasteiger charge is 2.38. The second kappa shape index (κ2) is 6.62. The van der Waals surface area contributed by atoms with Crippen molar-refractivity contribution in [2.45, 2.75) is 44.9 Å². The quantitative estimate of drug-likeness (QED) is 0.642. The van der Waals surface area contributed by atoms with E-state index in [4.69, 9.17) is 23.2 Å². The summed E-state index contributed by atoms with van der Waals surface area (Å²) in [4.78, 5) is 12.2. The van der Waals surface area contributed by atoms with Crippen LogP contribution in [0.4, 0.5) is 0 Å². The summed E-state index contributed by atoms with van der Waals surface area (Å²) in [5.74, 6) is -0.348. The van der Waals surface area contributed by atoms with Gasteiger partial charge in [-0.25, -0.2) is 0 Å². The number of carbonyl (C=O) groups is 1. The first-order valence-corrected chi connectivity index (χ1v) is 7.30. The summed E-state index contributed by atoms with van der Waals surface area (Å²) in [7, 11) is 0. The van der Waals surface area contributed by atoms with E-state index in [1.165, 1.54) is 0 Å². The van der Waals surface area contributed by atoms with Gasteiger partial charge in [-0.15, -0.1) is 0 Å². The first-order valence-electron chi connectivity index (χ1n) is 6.55. The van der Waals surface area contributed by atoms with Crippen molar-refractivity contribution in [3.63, 3.8) is 0 Å². The molecule has 0 radical (unpaired) electrons. The van der Waals surface area contributed by atoms with Gasteiger partial charge in [0, 0.05) is 12.1 Å². The molecule has 1 rings (SSSR count). The van der Waals surface area contributed by atoms with Crippen LogP contribution in [0.1, 0.15) is 42.0 Å². The predicted molar refractivity (Wildman–Crippen MR) is 82.0 cm³/mol. The van der Waals surface area contributed by atoms with Gasteiger partial charge in [-0.05, 0) is 38.3 Å². The Hall–Kier alpha value is -0.730. The van der Waals surface area contributed by atoms with Crippen LogP contribution in [0, 0.1) is 20.8 Å². The molecule has 19 heavy (non-hydrogen) atoms. The molecule has 1 amide bonds. The first-order chi connectivity index (χ1) is 8.80. The molecule has 0 fully saturated rings. The number of aryl methyl sites for hydroxylation is 3. The lowest BCUT2D eigenvalue weighted by atomic mass is 9.96. The third-order valence-electron chi connectivity index (χ3n) is 3.09. The summed E-state index contributed by atoms with van der Waals surface area (Å²) in [6, 6.07) is 3.97. The lowest BCUT2D eigenvalue weighted by Gasteiger charge is -2.24. The van der Waals surface area contributed by atoms with E-state index in [-0.39, 0.29) is 5.91 Å². The predicted octanol–water partition coefficient (Wildman–Crippen LogP) is 4.16. The minimum atomic E-state index is -1.53. The van der Waals surface area contributed by atoms with Gasteiger partial charge in [0.25, 0.3) is 5.91 Å². The second-order valence-electron chi connectivity index (χ2n) is 4.96. The van der Waals surface area contributed by atoms with Crippen molar-refractivity contribution >= 4 is 29.1 Å². The lowest BCUT2D eigenvalue weighted by molar-refractivity contribution is -0.121. The van der Waals surface area contributed by atoms with Gasteiger partial charge in [0.15, 0.2) is 0 Å². The fourth-order valence-electron chi connectivity index (χ4n) is 2.28. The number of hydrogen-bond acceptors (Lipinski definition) is 1. The standard InChI is InChI=1S/C15H21Cl2NO/c1-5-6-7-18-14(19)15(16,17)13-11(3)8-10(2)9-12(13)4/h8-9H,5-7H2,1-4H3,(H,18,19). The highest BCUT2D eigenvalue weighted by Crippen LogP contribution is 2.38. The Bertz CT molecular complexity index is 446. The van der Waals surface area contributed by atoms with E-state index < -0.39 is 4.33 Å². The van der Waals surface area contributed by atoms with E-state index in [0.717, 1.165) is 29.5 Å². The molecular formula is C15H21Cl2NO. The SMILES string of the molecule is CCCCNC(=O)C(Cl)(Cl)c1c(C)cc(C)cc1C. The van der Waals surface area contributed by atoms with E-state index in [1.807, 2.05) is 32.9 Å². The van der Waals surface area contributed by atoms with Crippen LogP contribution < -0.4 is 5.32 Å². The van der Waals surface area contributed by atoms with E-state index in [2.05, 4.69) is 12.2 Å². The topological polar surface area (TPSA) is 29.1 Å². The molecule has 0 heterocycles. The van der Waals surface area contributed by atoms with Crippen LogP contribution in [-0.2, 0) is 9.13 Å². The molecule has 0 aliphatic heterocycles. The zero-order valence-electron chi connectivity index (χ0n) is 11.9. The molecular weight excluding hydrogens is 281 g/mol. The Kier molecular flexibility index (Phi) is 5.69. The molecule has 106 valence electrons. The Morgan fingerprint density at radius 1 is 1.21 bits per heavy atom. The number of unbranched alkanes of at least 4 members (excludes halogenated alkanes) is 1. The third-order valence-corrected chi connectivity index (χ3v) is 3.81. The zero-order valence-corrected chi connectivity index (χ0v) is 13.5. The van der Waals surface area contributed by atoms with Gasteiger partial charge in [0.1, 0.15) is 0 Å². The number of rotatable bonds is 5. The largest absolute Gasteiger partial charge is 0.353 e. The number of halogens is 2. The molecule has 1 aromatic carbocycles. The number of amides is 1. The van der Waals surface area contributed by atoms with Gasteiger partial charge in [-0.3, -0.25) is 4.79 Å². The van der Waals surface area contributed by atoms with Crippen molar-refractivity contribution in [3.8, 4) is 0 Å². The summed E-state index contributed by atoms with van der Waals surface area (Å²) < 4.78 is -1.53. The molecule has 0 atom stereocenters. The van der Waals surface area contributed by atoms with Gasteiger partial charge >= 0.3 is 0 Å². The van der Waals surface area contributed by atoms with Gasteiger partial charge in [-0.2, -0.15) is 0 Å². The van der Waals surface area contributed by atoms with Crippen molar-refractivity contribution in [2.75, 3.05) is 6.54 Å². The molecule has 0 aliphatic carbocycles. The smallest absolute Gasteiger partial charge is 0.261 e. The maximum Gasteiger partial charge on any atom is 0.261 e. The van der Waals surface area contributed by atoms with E-state index in [0.29, 0.717) is 12.1 Å². The summed E-state index contributed by atoms with van der Waals surface area (Å²) in [5, 5.41) is 2.79. The molecule has 2 nitrogen and oxygen atoms in total. The number of benzene rings is 1. The lowest BCUT2D eigenvalue weighted by Crippen LogP contribution is -2.38. The number of alkyl halides is 2. The van der Waals surface area contributed by atoms with Crippen molar-refractivity contribution < 1.29 is 4.79 Å². The van der Waals surface area contributed by atoms with Crippen LogP contribution in [0.3, 0.4) is 0 Å². The minimum Gasteiger partial charge on any atom is -0.353 e. The number of nitrogens with one attached hydrogen (secondary N) is 1. The monoisotopic (exact) mass is 301 g/mol. The van der Waals surface area contributed by atoms with Crippen molar-refractivity contribution in [1.29, 1.82) is 0 Å². The van der Waals surface area contributed by atoms with Crippen LogP contribution in [0.2, 0.25) is 0 Å². The molecule has 0 unspecified atom stereocenters. The number of hydrogen-bond donors (Lipinski definition) is 1. The Balaban J connectivity index is 3.02. The average molecular weight is 302 g/mol. The minimum absolute atomic E-state index is 0.348. The zero-order chi connectivity index (χ0) is 14.6. The van der Waals surface area contributed by atoms with E-state index in [9.17, 15) is 4.79 Å². The van der Waals surface area contributed by atoms with Crippen LogP contribution in [0.25, 0.3) is 0 Å². The fraction of sp³-hybridized carbons (Fsp3) is 0.533. The molecule has 4 heteroatoms. The van der Waals surface area contributed by atoms with Gasteiger partial charge in [-0.1, -0.05) is 54.2 Å². The molecule has 0 saturated carbocycles. The Morgan fingerprint density at radius 2 is 1.74 bits per heavy atom. The molecule has 0 aromatic heterocycles. The van der Waals surface area contributed by atoms with Gasteiger partial charge < -0.3 is 5.32 Å². The summed E-state index contributed by atoms with van der Waals surface area (Å²) in [6.07, 6.45) is 1.93. The van der Waals surface area contributed by atoms with E-state index >= 15 is 0 Å². The van der Waals surface area contributed by atoms with Crippen LogP contribution in [0.5, 0.6) is 0 Å². The van der Waals surface area contributed by atoms with Crippen LogP contribution in [0.15, 0.2) is 12.1 Å². The van der Waals surface area contributed by atoms with Gasteiger partial charge in [0.05, 0.1) is 0 Å². The van der Waals surface area contributed by atoms with E-state index in [1.54, 1.807) is 0 Å². The summed E-state index contributed by atoms with van der Waals surface area (Å²) in [6.45, 7) is 8.52. The number of carbonyl (C=O) groups excluding carboxylic acids is 1. The molecule has 1 aromatic rings. The third kappa shape index (κ3) is 3.87. The highest BCUT2D eigenvalue weighted by atomic mass is 35.5. The maximum absolute atomic E-state index is 12.2. The van der Waals surface area contributed by atoms with Crippen molar-refractivity contribution in [2.24, 2.45) is 0 Å². The fourth-order valence-corrected chi connectivity index (χ4v) is 3.01. The van der Waals surface area contributed by atoms with Crippen LogP contribution >= 0.6 is 23.2 Å². The molecule has 0 aliphatic rings. The first kappa shape index (κ1) is 16.3. The molecule has 0 bridgehead atoms. The second-order valence-corrected chi connectivity index (χ2v) is 6.28. The Labute approximate surface area is 125 Å². The van der Waals surface area contributed by atoms with Crippen LogP contribution in [-0.4, -0.2) is 12.5 Å². The van der Waals surface area contributed by atoms with Gasteiger partial charge in [0.2, 0.25) is 4.33 Å². The maximum atomic E-state index is 12.2.